The minimum Gasteiger partial charge on any atom is -0.394 e. The van der Waals surface area contributed by atoms with Gasteiger partial charge in [-0.15, -0.1) is 10.2 Å². The number of rotatable bonds is 4. The minimum atomic E-state index is -1.92. The zero-order chi connectivity index (χ0) is 19.3. The molecule has 1 fully saturated rings. The first-order valence-electron chi connectivity index (χ1n) is 7.73. The molecule has 4 heterocycles. The molecule has 144 valence electrons. The fraction of sp³-hybridized carbons (Fsp3) is 0.500. The van der Waals surface area contributed by atoms with Gasteiger partial charge in [-0.25, -0.2) is 13.8 Å². The number of nitrogen functional groups attached to an aromatic ring is 1. The molecule has 0 radical (unpaired) electrons. The number of ether oxygens (including phenoxy) is 1. The van der Waals surface area contributed by atoms with E-state index in [2.05, 4.69) is 30.6 Å². The number of alkyl halides is 1. The monoisotopic (exact) mass is 383 g/mol. The van der Waals surface area contributed by atoms with E-state index in [1.54, 1.807) is 0 Å². The normalized spacial score (nSPS) is 25.4. The average Bonchev–Trinajstić information content (AvgIpc) is 3.33. The Labute approximate surface area is 147 Å². The Morgan fingerprint density at radius 3 is 2.78 bits per heavy atom. The Kier molecular flexibility index (Phi) is 3.97. The number of H-pyrrole nitrogens is 2. The molecule has 0 bridgehead atoms. The van der Waals surface area contributed by atoms with Crippen LogP contribution in [0.1, 0.15) is 12.1 Å². The van der Waals surface area contributed by atoms with Crippen molar-refractivity contribution >= 4 is 17.1 Å². The molecule has 0 aliphatic carbocycles. The van der Waals surface area contributed by atoms with Gasteiger partial charge in [0.25, 0.3) is 5.56 Å². The number of imidazole rings is 1. The number of tetrazole rings is 1. The van der Waals surface area contributed by atoms with Gasteiger partial charge in [-0.2, -0.15) is 10.2 Å². The number of nitrogens with one attached hydrogen (secondary N) is 2. The zero-order valence-electron chi connectivity index (χ0n) is 13.5. The highest BCUT2D eigenvalue weighted by molar-refractivity contribution is 5.71. The molecule has 6 N–H and O–H groups in total. The third kappa shape index (κ3) is 2.59. The van der Waals surface area contributed by atoms with Crippen LogP contribution in [0.4, 0.5) is 10.3 Å². The van der Waals surface area contributed by atoms with E-state index in [0.29, 0.717) is 0 Å². The van der Waals surface area contributed by atoms with Crippen LogP contribution < -0.4 is 17.0 Å². The van der Waals surface area contributed by atoms with E-state index in [1.807, 2.05) is 0 Å². The number of aliphatic hydroxyl groups is 2. The van der Waals surface area contributed by atoms with E-state index < -0.39 is 42.5 Å². The summed E-state index contributed by atoms with van der Waals surface area (Å²) in [6, 6.07) is 0. The molecule has 4 atom stereocenters. The Balaban J connectivity index is 1.84. The average molecular weight is 383 g/mol. The van der Waals surface area contributed by atoms with Crippen molar-refractivity contribution in [2.75, 3.05) is 12.3 Å². The molecule has 0 amide bonds. The number of aliphatic hydroxyl groups excluding tert-OH is 2. The second-order valence-corrected chi connectivity index (χ2v) is 5.87. The van der Waals surface area contributed by atoms with Crippen LogP contribution in [0.5, 0.6) is 0 Å². The van der Waals surface area contributed by atoms with Gasteiger partial charge in [0.2, 0.25) is 5.95 Å². The van der Waals surface area contributed by atoms with Gasteiger partial charge in [0.05, 0.1) is 13.2 Å². The summed E-state index contributed by atoms with van der Waals surface area (Å²) in [7, 11) is 0. The maximum Gasteiger partial charge on any atom is 0.330 e. The largest absolute Gasteiger partial charge is 0.394 e. The number of hydrogen-bond donors (Lipinski definition) is 5. The van der Waals surface area contributed by atoms with Crippen molar-refractivity contribution in [3.05, 3.63) is 26.7 Å². The van der Waals surface area contributed by atoms with Crippen LogP contribution in [0.15, 0.2) is 9.59 Å². The van der Waals surface area contributed by atoms with Gasteiger partial charge < -0.3 is 20.7 Å². The molecular weight excluding hydrogens is 369 g/mol. The molecule has 1 saturated heterocycles. The van der Waals surface area contributed by atoms with Crippen LogP contribution in [0.25, 0.3) is 11.2 Å². The Bertz CT molecular complexity index is 1090. The first-order chi connectivity index (χ1) is 12.9. The Morgan fingerprint density at radius 1 is 1.37 bits per heavy atom. The standard InChI is InChI=1S/C12H14FN9O5/c13-5-3(2-23)27-10(7(5)24)22-8-6(15-12(22)26)9(25)21(11(14)16-8)1-4-17-19-20-18-4/h3,5,7,10,23-24H,1-2H2,(H2,14,16)(H,15,26)(H,17,18,19,20)/t3-,5-,7-,10-/m1/s1. The van der Waals surface area contributed by atoms with E-state index in [0.717, 1.165) is 9.13 Å². The van der Waals surface area contributed by atoms with Crippen molar-refractivity contribution in [2.45, 2.75) is 31.2 Å². The molecule has 0 saturated carbocycles. The maximum atomic E-state index is 14.0. The predicted molar refractivity (Wildman–Crippen MR) is 84.2 cm³/mol. The number of nitrogens with two attached hydrogens (primary N) is 1. The number of anilines is 1. The Morgan fingerprint density at radius 2 is 2.15 bits per heavy atom. The number of aromatic nitrogens is 8. The number of fused-ring (bicyclic) bond motifs is 1. The molecule has 14 nitrogen and oxygen atoms in total. The molecule has 15 heteroatoms. The Hall–Kier alpha value is -3.17. The van der Waals surface area contributed by atoms with Crippen LogP contribution in [0.2, 0.25) is 0 Å². The van der Waals surface area contributed by atoms with Gasteiger partial charge in [-0.05, 0) is 0 Å². The number of hydrogen-bond acceptors (Lipinski definition) is 10. The lowest BCUT2D eigenvalue weighted by Crippen LogP contribution is -2.32. The number of halogens is 1. The fourth-order valence-corrected chi connectivity index (χ4v) is 2.96. The highest BCUT2D eigenvalue weighted by Gasteiger charge is 2.46. The summed E-state index contributed by atoms with van der Waals surface area (Å²) in [4.78, 5) is 31.3. The summed E-state index contributed by atoms with van der Waals surface area (Å²) < 4.78 is 21.0. The molecule has 4 rings (SSSR count). The third-order valence-electron chi connectivity index (χ3n) is 4.27. The molecule has 3 aromatic rings. The second-order valence-electron chi connectivity index (χ2n) is 5.87. The molecule has 1 aliphatic heterocycles. The number of aromatic amines is 2. The maximum absolute atomic E-state index is 14.0. The van der Waals surface area contributed by atoms with Crippen LogP contribution in [-0.4, -0.2) is 74.9 Å². The topological polar surface area (TPSA) is 203 Å². The van der Waals surface area contributed by atoms with E-state index in [1.165, 1.54) is 0 Å². The van der Waals surface area contributed by atoms with E-state index >= 15 is 0 Å². The van der Waals surface area contributed by atoms with Gasteiger partial charge in [-0.1, -0.05) is 5.21 Å². The van der Waals surface area contributed by atoms with Crippen molar-refractivity contribution in [1.29, 1.82) is 0 Å². The van der Waals surface area contributed by atoms with Gasteiger partial charge in [0.15, 0.2) is 29.4 Å². The van der Waals surface area contributed by atoms with Crippen molar-refractivity contribution < 1.29 is 19.3 Å². The predicted octanol–water partition coefficient (Wildman–Crippen LogP) is -3.38. The summed E-state index contributed by atoms with van der Waals surface area (Å²) in [6.07, 6.45) is -6.48. The molecule has 0 aromatic carbocycles. The minimum absolute atomic E-state index is 0.154. The van der Waals surface area contributed by atoms with Crippen molar-refractivity contribution in [3.63, 3.8) is 0 Å². The smallest absolute Gasteiger partial charge is 0.330 e. The SMILES string of the molecule is Nc1nc2c([nH]c(=O)n2[C@@H]2O[C@H](CO)[C@@H](F)[C@H]2O)c(=O)n1Cc1nn[nH]n1. The molecular formula is C12H14FN9O5. The summed E-state index contributed by atoms with van der Waals surface area (Å²) in [5, 5.41) is 32.2. The lowest BCUT2D eigenvalue weighted by atomic mass is 10.1. The van der Waals surface area contributed by atoms with Crippen molar-refractivity contribution in [1.82, 2.24) is 39.7 Å². The molecule has 1 aliphatic rings. The summed E-state index contributed by atoms with van der Waals surface area (Å²) in [5.41, 5.74) is 3.80. The third-order valence-corrected chi connectivity index (χ3v) is 4.27. The highest BCUT2D eigenvalue weighted by atomic mass is 19.1. The van der Waals surface area contributed by atoms with Gasteiger partial charge in [-0.3, -0.25) is 14.3 Å². The quantitative estimate of drug-likeness (QED) is 0.302. The van der Waals surface area contributed by atoms with E-state index in [-0.39, 0.29) is 29.5 Å². The summed E-state index contributed by atoms with van der Waals surface area (Å²) >= 11 is 0. The zero-order valence-corrected chi connectivity index (χ0v) is 13.5. The summed E-state index contributed by atoms with van der Waals surface area (Å²) in [6.45, 7) is -0.849. The summed E-state index contributed by atoms with van der Waals surface area (Å²) in [5.74, 6) is -0.111. The van der Waals surface area contributed by atoms with E-state index in [4.69, 9.17) is 15.6 Å². The lowest BCUT2D eigenvalue weighted by molar-refractivity contribution is -0.0510. The molecule has 27 heavy (non-hydrogen) atoms. The number of nitrogens with zero attached hydrogens (tertiary/aromatic N) is 6. The van der Waals surface area contributed by atoms with Gasteiger partial charge in [0.1, 0.15) is 12.2 Å². The molecule has 3 aromatic heterocycles. The van der Waals surface area contributed by atoms with Crippen LogP contribution in [0.3, 0.4) is 0 Å². The van der Waals surface area contributed by atoms with Crippen LogP contribution in [-0.2, 0) is 11.3 Å². The van der Waals surface area contributed by atoms with Crippen molar-refractivity contribution in [3.8, 4) is 0 Å². The van der Waals surface area contributed by atoms with Gasteiger partial charge in [0, 0.05) is 0 Å². The van der Waals surface area contributed by atoms with Gasteiger partial charge >= 0.3 is 5.69 Å². The lowest BCUT2D eigenvalue weighted by Gasteiger charge is -2.15. The van der Waals surface area contributed by atoms with Crippen LogP contribution in [0, 0.1) is 0 Å². The fourth-order valence-electron chi connectivity index (χ4n) is 2.96. The second kappa shape index (κ2) is 6.22. The van der Waals surface area contributed by atoms with Crippen molar-refractivity contribution in [2.24, 2.45) is 0 Å². The molecule has 0 spiro atoms. The highest BCUT2D eigenvalue weighted by Crippen LogP contribution is 2.31. The molecule has 0 unspecified atom stereocenters. The first-order valence-corrected chi connectivity index (χ1v) is 7.73. The van der Waals surface area contributed by atoms with Crippen LogP contribution >= 0.6 is 0 Å². The van der Waals surface area contributed by atoms with E-state index in [9.17, 15) is 19.1 Å². The first kappa shape index (κ1) is 17.3.